The number of hydrogen-bond acceptors (Lipinski definition) is 3. The zero-order valence-corrected chi connectivity index (χ0v) is 20.6. The van der Waals surface area contributed by atoms with Crippen LogP contribution in [0.3, 0.4) is 0 Å². The number of carbonyl (C=O) groups is 1. The molecule has 0 aromatic heterocycles. The van der Waals surface area contributed by atoms with E-state index in [0.717, 1.165) is 11.1 Å². The predicted molar refractivity (Wildman–Crippen MR) is 143 cm³/mol. The summed E-state index contributed by atoms with van der Waals surface area (Å²) < 4.78 is 28.0. The molecule has 0 unspecified atom stereocenters. The average molecular weight is 523 g/mol. The fraction of sp³-hybridized carbons (Fsp3) is 0. The number of carbonyl (C=O) groups excluding carboxylic acids is 1. The molecule has 0 aliphatic heterocycles. The second-order valence-electron chi connectivity index (χ2n) is 7.54. The fourth-order valence-corrected chi connectivity index (χ4v) is 4.90. The zero-order valence-electron chi connectivity index (χ0n) is 18.3. The molecular weight excluding hydrogens is 503 g/mol. The van der Waals surface area contributed by atoms with Gasteiger partial charge in [0.15, 0.2) is 0 Å². The minimum Gasteiger partial charge on any atom is -0.322 e. The van der Waals surface area contributed by atoms with Crippen molar-refractivity contribution in [2.24, 2.45) is 0 Å². The van der Waals surface area contributed by atoms with Crippen molar-refractivity contribution in [1.29, 1.82) is 0 Å². The zero-order chi connectivity index (χ0) is 24.8. The summed E-state index contributed by atoms with van der Waals surface area (Å²) in [6.45, 7) is 0. The van der Waals surface area contributed by atoms with E-state index in [1.54, 1.807) is 0 Å². The Morgan fingerprint density at radius 2 is 1.40 bits per heavy atom. The van der Waals surface area contributed by atoms with Gasteiger partial charge in [-0.3, -0.25) is 9.52 Å². The molecule has 0 atom stereocenters. The Morgan fingerprint density at radius 1 is 0.771 bits per heavy atom. The van der Waals surface area contributed by atoms with Crippen molar-refractivity contribution < 1.29 is 13.2 Å². The Bertz CT molecular complexity index is 1470. The van der Waals surface area contributed by atoms with E-state index in [4.69, 9.17) is 23.2 Å². The molecule has 0 saturated carbocycles. The Hall–Kier alpha value is -3.58. The lowest BCUT2D eigenvalue weighted by molar-refractivity contribution is -0.111. The lowest BCUT2D eigenvalue weighted by atomic mass is 10.0. The second-order valence-corrected chi connectivity index (χ2v) is 10.1. The van der Waals surface area contributed by atoms with E-state index in [0.29, 0.717) is 16.3 Å². The summed E-state index contributed by atoms with van der Waals surface area (Å²) in [6, 6.07) is 29.2. The molecule has 0 bridgehead atoms. The maximum absolute atomic E-state index is 13.2. The van der Waals surface area contributed by atoms with Crippen molar-refractivity contribution in [3.8, 4) is 0 Å². The van der Waals surface area contributed by atoms with Crippen molar-refractivity contribution >= 4 is 62.2 Å². The number of rotatable bonds is 7. The maximum atomic E-state index is 13.2. The monoisotopic (exact) mass is 522 g/mol. The first-order valence-corrected chi connectivity index (χ1v) is 12.8. The van der Waals surface area contributed by atoms with Gasteiger partial charge in [-0.15, -0.1) is 0 Å². The van der Waals surface area contributed by atoms with Crippen molar-refractivity contribution in [2.45, 2.75) is 4.90 Å². The van der Waals surface area contributed by atoms with Gasteiger partial charge in [-0.05, 0) is 59.7 Å². The number of anilines is 2. The Morgan fingerprint density at radius 3 is 2.03 bits per heavy atom. The Balaban J connectivity index is 1.55. The highest BCUT2D eigenvalue weighted by Gasteiger charge is 2.17. The van der Waals surface area contributed by atoms with Crippen molar-refractivity contribution in [3.63, 3.8) is 0 Å². The quantitative estimate of drug-likeness (QED) is 0.203. The van der Waals surface area contributed by atoms with Gasteiger partial charge in [0.1, 0.15) is 0 Å². The van der Waals surface area contributed by atoms with Crippen LogP contribution in [0.15, 0.2) is 108 Å². The van der Waals surface area contributed by atoms with Gasteiger partial charge in [-0.25, -0.2) is 8.42 Å². The molecule has 0 aliphatic carbocycles. The minimum absolute atomic E-state index is 0.0182. The fourth-order valence-electron chi connectivity index (χ4n) is 3.31. The van der Waals surface area contributed by atoms with E-state index in [1.165, 1.54) is 42.5 Å². The number of nitrogens with one attached hydrogen (secondary N) is 2. The van der Waals surface area contributed by atoms with E-state index >= 15 is 0 Å². The molecule has 0 saturated heterocycles. The number of sulfonamides is 1. The number of amides is 1. The van der Waals surface area contributed by atoms with Crippen molar-refractivity contribution in [3.05, 3.63) is 124 Å². The normalized spacial score (nSPS) is 11.7. The average Bonchev–Trinajstić information content (AvgIpc) is 2.86. The van der Waals surface area contributed by atoms with Gasteiger partial charge >= 0.3 is 0 Å². The van der Waals surface area contributed by atoms with Crippen molar-refractivity contribution in [2.75, 3.05) is 10.0 Å². The van der Waals surface area contributed by atoms with E-state index in [9.17, 15) is 13.2 Å². The SMILES string of the molecule is O=C(Nc1ccc(S(=O)(=O)Nc2ccc(Cl)cc2Cl)cc1)/C(=C/c1ccccc1)c1ccccc1. The van der Waals surface area contributed by atoms with Gasteiger partial charge in [0, 0.05) is 16.3 Å². The molecule has 35 heavy (non-hydrogen) atoms. The summed E-state index contributed by atoms with van der Waals surface area (Å²) in [5, 5.41) is 3.43. The molecule has 176 valence electrons. The third kappa shape index (κ3) is 6.31. The molecule has 8 heteroatoms. The maximum Gasteiger partial charge on any atom is 0.261 e. The molecule has 4 aromatic carbocycles. The summed E-state index contributed by atoms with van der Waals surface area (Å²) in [4.78, 5) is 13.2. The van der Waals surface area contributed by atoms with Crippen LogP contribution in [0.5, 0.6) is 0 Å². The second kappa shape index (κ2) is 10.8. The van der Waals surface area contributed by atoms with Crippen LogP contribution in [0.4, 0.5) is 11.4 Å². The molecule has 2 N–H and O–H groups in total. The molecule has 5 nitrogen and oxygen atoms in total. The first-order chi connectivity index (χ1) is 16.8. The highest BCUT2D eigenvalue weighted by Crippen LogP contribution is 2.28. The van der Waals surface area contributed by atoms with Crippen molar-refractivity contribution in [1.82, 2.24) is 0 Å². The molecule has 0 spiro atoms. The smallest absolute Gasteiger partial charge is 0.261 e. The van der Waals surface area contributed by atoms with Crippen LogP contribution >= 0.6 is 23.2 Å². The van der Waals surface area contributed by atoms with E-state index in [2.05, 4.69) is 10.0 Å². The first kappa shape index (κ1) is 24.5. The first-order valence-electron chi connectivity index (χ1n) is 10.5. The highest BCUT2D eigenvalue weighted by atomic mass is 35.5. The van der Waals surface area contributed by atoms with Gasteiger partial charge < -0.3 is 5.32 Å². The van der Waals surface area contributed by atoms with Crippen LogP contribution in [-0.4, -0.2) is 14.3 Å². The van der Waals surface area contributed by atoms with Crippen LogP contribution in [0.1, 0.15) is 11.1 Å². The minimum atomic E-state index is -3.90. The van der Waals surface area contributed by atoms with E-state index in [-0.39, 0.29) is 21.5 Å². The molecule has 0 radical (unpaired) electrons. The molecule has 0 fully saturated rings. The molecule has 1 amide bonds. The van der Waals surface area contributed by atoms with Gasteiger partial charge in [0.25, 0.3) is 15.9 Å². The Labute approximate surface area is 214 Å². The molecule has 4 aromatic rings. The lowest BCUT2D eigenvalue weighted by Crippen LogP contribution is -2.15. The Kier molecular flexibility index (Phi) is 7.56. The van der Waals surface area contributed by atoms with Gasteiger partial charge in [0.2, 0.25) is 0 Å². The van der Waals surface area contributed by atoms with E-state index < -0.39 is 10.0 Å². The summed E-state index contributed by atoms with van der Waals surface area (Å²) >= 11 is 12.0. The predicted octanol–water partition coefficient (Wildman–Crippen LogP) is 6.97. The van der Waals surface area contributed by atoms with Gasteiger partial charge in [-0.2, -0.15) is 0 Å². The van der Waals surface area contributed by atoms with Gasteiger partial charge in [-0.1, -0.05) is 83.9 Å². The van der Waals surface area contributed by atoms with Crippen LogP contribution < -0.4 is 10.0 Å². The van der Waals surface area contributed by atoms with E-state index in [1.807, 2.05) is 66.7 Å². The highest BCUT2D eigenvalue weighted by molar-refractivity contribution is 7.92. The standard InChI is InChI=1S/C27H20Cl2N2O3S/c28-21-11-16-26(25(29)18-21)31-35(33,34)23-14-12-22(13-15-23)30-27(32)24(20-9-5-2-6-10-20)17-19-7-3-1-4-8-19/h1-18,31H,(H,30,32)/b24-17+. The molecule has 4 rings (SSSR count). The third-order valence-electron chi connectivity index (χ3n) is 5.04. The number of halogens is 2. The van der Waals surface area contributed by atoms with Crippen LogP contribution in [0.25, 0.3) is 11.6 Å². The van der Waals surface area contributed by atoms with Gasteiger partial charge in [0.05, 0.1) is 15.6 Å². The topological polar surface area (TPSA) is 75.3 Å². The summed E-state index contributed by atoms with van der Waals surface area (Å²) in [7, 11) is -3.90. The van der Waals surface area contributed by atoms with Crippen LogP contribution in [-0.2, 0) is 14.8 Å². The summed E-state index contributed by atoms with van der Waals surface area (Å²) in [5.74, 6) is -0.318. The van der Waals surface area contributed by atoms with Crippen LogP contribution in [0.2, 0.25) is 10.0 Å². The molecule has 0 heterocycles. The number of hydrogen-bond donors (Lipinski definition) is 2. The third-order valence-corrected chi connectivity index (χ3v) is 6.97. The largest absolute Gasteiger partial charge is 0.322 e. The molecule has 0 aliphatic rings. The lowest BCUT2D eigenvalue weighted by Gasteiger charge is -2.12. The summed E-state index contributed by atoms with van der Waals surface area (Å²) in [5.41, 5.74) is 2.79. The van der Waals surface area contributed by atoms with Crippen LogP contribution in [0, 0.1) is 0 Å². The summed E-state index contributed by atoms with van der Waals surface area (Å²) in [6.07, 6.45) is 1.81. The molecular formula is C27H20Cl2N2O3S. The number of benzene rings is 4.